The van der Waals surface area contributed by atoms with Gasteiger partial charge in [0.25, 0.3) is 0 Å². The fourth-order valence-electron chi connectivity index (χ4n) is 3.35. The molecule has 0 saturated carbocycles. The monoisotopic (exact) mass is 357 g/mol. The third-order valence-electron chi connectivity index (χ3n) is 4.61. The molecule has 0 unspecified atom stereocenters. The SMILES string of the molecule is O=S(=O)(N[C@H]1CCSc2ccccc21)C1=Cc2ccccc2CC1. The summed E-state index contributed by atoms with van der Waals surface area (Å²) in [4.78, 5) is 1.68. The number of fused-ring (bicyclic) bond motifs is 2. The largest absolute Gasteiger partial charge is 0.237 e. The normalized spacial score (nSPS) is 20.0. The summed E-state index contributed by atoms with van der Waals surface area (Å²) in [7, 11) is -3.47. The highest BCUT2D eigenvalue weighted by atomic mass is 32.2. The fraction of sp³-hybridized carbons (Fsp3) is 0.263. The predicted octanol–water partition coefficient (Wildman–Crippen LogP) is 4.13. The summed E-state index contributed by atoms with van der Waals surface area (Å²) in [6, 6.07) is 15.9. The van der Waals surface area contributed by atoms with Gasteiger partial charge in [-0.15, -0.1) is 11.8 Å². The number of nitrogens with one attached hydrogen (secondary N) is 1. The van der Waals surface area contributed by atoms with E-state index >= 15 is 0 Å². The van der Waals surface area contributed by atoms with Crippen LogP contribution in [0.3, 0.4) is 0 Å². The maximum atomic E-state index is 12.9. The van der Waals surface area contributed by atoms with Gasteiger partial charge in [0.1, 0.15) is 0 Å². The molecule has 2 aromatic carbocycles. The maximum Gasteiger partial charge on any atom is 0.237 e. The molecule has 1 N–H and O–H groups in total. The number of aryl methyl sites for hydroxylation is 1. The first-order valence-electron chi connectivity index (χ1n) is 8.16. The van der Waals surface area contributed by atoms with Crippen molar-refractivity contribution in [3.05, 3.63) is 70.1 Å². The molecule has 0 saturated heterocycles. The Bertz CT molecular complexity index is 903. The van der Waals surface area contributed by atoms with Crippen LogP contribution < -0.4 is 4.72 Å². The Kier molecular flexibility index (Phi) is 4.24. The van der Waals surface area contributed by atoms with Gasteiger partial charge in [-0.1, -0.05) is 42.5 Å². The molecule has 0 radical (unpaired) electrons. The second-order valence-electron chi connectivity index (χ2n) is 6.16. The molecule has 0 aromatic heterocycles. The molecule has 5 heteroatoms. The van der Waals surface area contributed by atoms with Crippen LogP contribution >= 0.6 is 11.8 Å². The van der Waals surface area contributed by atoms with E-state index in [1.165, 1.54) is 10.5 Å². The van der Waals surface area contributed by atoms with Crippen LogP contribution in [0.1, 0.15) is 35.6 Å². The van der Waals surface area contributed by atoms with Gasteiger partial charge in [-0.2, -0.15) is 0 Å². The number of hydrogen-bond donors (Lipinski definition) is 1. The molecule has 2 aromatic rings. The second-order valence-corrected chi connectivity index (χ2v) is 9.06. The highest BCUT2D eigenvalue weighted by Crippen LogP contribution is 2.37. The summed E-state index contributed by atoms with van der Waals surface area (Å²) < 4.78 is 28.7. The molecule has 1 heterocycles. The number of thioether (sulfide) groups is 1. The Balaban J connectivity index is 1.63. The molecule has 0 fully saturated rings. The molecule has 1 aliphatic carbocycles. The number of rotatable bonds is 3. The smallest absolute Gasteiger partial charge is 0.207 e. The second kappa shape index (κ2) is 6.39. The summed E-state index contributed by atoms with van der Waals surface area (Å²) in [5, 5.41) is 0. The minimum atomic E-state index is -3.47. The molecule has 2 aliphatic rings. The average molecular weight is 358 g/mol. The molecule has 0 bridgehead atoms. The molecular weight excluding hydrogens is 338 g/mol. The zero-order valence-corrected chi connectivity index (χ0v) is 14.9. The molecule has 4 rings (SSSR count). The molecule has 1 aliphatic heterocycles. The quantitative estimate of drug-likeness (QED) is 0.898. The van der Waals surface area contributed by atoms with Crippen molar-refractivity contribution in [3.8, 4) is 0 Å². The lowest BCUT2D eigenvalue weighted by Gasteiger charge is -2.27. The van der Waals surface area contributed by atoms with E-state index in [0.717, 1.165) is 29.7 Å². The van der Waals surface area contributed by atoms with Gasteiger partial charge in [0, 0.05) is 10.9 Å². The molecule has 0 spiro atoms. The van der Waals surface area contributed by atoms with Gasteiger partial charge in [-0.3, -0.25) is 0 Å². The number of sulfonamides is 1. The van der Waals surface area contributed by atoms with Crippen LogP contribution in [0.25, 0.3) is 6.08 Å². The van der Waals surface area contributed by atoms with Crippen molar-refractivity contribution < 1.29 is 8.42 Å². The fourth-order valence-corrected chi connectivity index (χ4v) is 5.89. The van der Waals surface area contributed by atoms with Gasteiger partial charge in [0.2, 0.25) is 10.0 Å². The number of hydrogen-bond acceptors (Lipinski definition) is 3. The van der Waals surface area contributed by atoms with Gasteiger partial charge in [-0.25, -0.2) is 13.1 Å². The zero-order chi connectivity index (χ0) is 16.6. The third kappa shape index (κ3) is 3.04. The van der Waals surface area contributed by atoms with Crippen LogP contribution in [0.5, 0.6) is 0 Å². The first-order valence-corrected chi connectivity index (χ1v) is 10.6. The van der Waals surface area contributed by atoms with Crippen LogP contribution in [0.15, 0.2) is 58.3 Å². The van der Waals surface area contributed by atoms with Crippen molar-refractivity contribution >= 4 is 27.9 Å². The minimum Gasteiger partial charge on any atom is -0.207 e. The number of benzene rings is 2. The lowest BCUT2D eigenvalue weighted by atomic mass is 9.98. The van der Waals surface area contributed by atoms with E-state index < -0.39 is 10.0 Å². The zero-order valence-electron chi connectivity index (χ0n) is 13.2. The maximum absolute atomic E-state index is 12.9. The first kappa shape index (κ1) is 15.9. The summed E-state index contributed by atoms with van der Waals surface area (Å²) in [6.07, 6.45) is 3.99. The van der Waals surface area contributed by atoms with Crippen molar-refractivity contribution in [3.63, 3.8) is 0 Å². The molecule has 1 atom stereocenters. The van der Waals surface area contributed by atoms with Crippen LogP contribution in [0, 0.1) is 0 Å². The highest BCUT2D eigenvalue weighted by molar-refractivity contribution is 7.99. The van der Waals surface area contributed by atoms with E-state index in [9.17, 15) is 8.42 Å². The van der Waals surface area contributed by atoms with Crippen LogP contribution in [-0.2, 0) is 16.4 Å². The Labute approximate surface area is 147 Å². The van der Waals surface area contributed by atoms with E-state index in [2.05, 4.69) is 16.9 Å². The van der Waals surface area contributed by atoms with Crippen molar-refractivity contribution in [2.24, 2.45) is 0 Å². The lowest BCUT2D eigenvalue weighted by Crippen LogP contribution is -2.32. The van der Waals surface area contributed by atoms with Gasteiger partial charge in [-0.05, 0) is 53.8 Å². The molecule has 3 nitrogen and oxygen atoms in total. The Morgan fingerprint density at radius 2 is 1.79 bits per heavy atom. The average Bonchev–Trinajstić information content (AvgIpc) is 2.61. The van der Waals surface area contributed by atoms with Crippen LogP contribution in [-0.4, -0.2) is 14.2 Å². The van der Waals surface area contributed by atoms with Gasteiger partial charge in [0.05, 0.1) is 4.91 Å². The molecule has 124 valence electrons. The molecular formula is C19H19NO2S2. The summed E-state index contributed by atoms with van der Waals surface area (Å²) in [6.45, 7) is 0. The van der Waals surface area contributed by atoms with Gasteiger partial charge < -0.3 is 0 Å². The predicted molar refractivity (Wildman–Crippen MR) is 99.3 cm³/mol. The minimum absolute atomic E-state index is 0.134. The van der Waals surface area contributed by atoms with Crippen LogP contribution in [0.2, 0.25) is 0 Å². The Morgan fingerprint density at radius 1 is 1.00 bits per heavy atom. The van der Waals surface area contributed by atoms with E-state index in [1.807, 2.05) is 42.5 Å². The third-order valence-corrected chi connectivity index (χ3v) is 7.34. The first-order chi connectivity index (χ1) is 11.6. The van der Waals surface area contributed by atoms with Gasteiger partial charge in [0.15, 0.2) is 0 Å². The summed E-state index contributed by atoms with van der Waals surface area (Å²) >= 11 is 1.80. The van der Waals surface area contributed by atoms with Crippen molar-refractivity contribution in [2.45, 2.75) is 30.2 Å². The summed E-state index contributed by atoms with van der Waals surface area (Å²) in [5.41, 5.74) is 3.33. The van der Waals surface area contributed by atoms with Crippen molar-refractivity contribution in [2.75, 3.05) is 5.75 Å². The molecule has 0 amide bonds. The summed E-state index contributed by atoms with van der Waals surface area (Å²) in [5.74, 6) is 0.937. The molecule has 24 heavy (non-hydrogen) atoms. The van der Waals surface area contributed by atoms with Crippen molar-refractivity contribution in [1.29, 1.82) is 0 Å². The Hall–Kier alpha value is -1.56. The Morgan fingerprint density at radius 3 is 2.71 bits per heavy atom. The van der Waals surface area contributed by atoms with Crippen molar-refractivity contribution in [1.82, 2.24) is 4.72 Å². The van der Waals surface area contributed by atoms with E-state index in [0.29, 0.717) is 11.3 Å². The lowest BCUT2D eigenvalue weighted by molar-refractivity contribution is 0.550. The number of allylic oxidation sites excluding steroid dienone is 1. The van der Waals surface area contributed by atoms with Gasteiger partial charge >= 0.3 is 0 Å². The highest BCUT2D eigenvalue weighted by Gasteiger charge is 2.28. The standard InChI is InChI=1S/C19H19NO2S2/c21-24(22,16-10-9-14-5-1-2-6-15(14)13-16)20-18-11-12-23-19-8-4-3-7-17(18)19/h1-8,13,18,20H,9-12H2/t18-/m0/s1. The van der Waals surface area contributed by atoms with Crippen LogP contribution in [0.4, 0.5) is 0 Å². The topological polar surface area (TPSA) is 46.2 Å². The van der Waals surface area contributed by atoms with E-state index in [-0.39, 0.29) is 6.04 Å². The van der Waals surface area contributed by atoms with E-state index in [4.69, 9.17) is 0 Å². The van der Waals surface area contributed by atoms with E-state index in [1.54, 1.807) is 11.8 Å².